The number of fused-ring (bicyclic) bond motifs is 3. The van der Waals surface area contributed by atoms with Gasteiger partial charge in [-0.05, 0) is 22.3 Å². The zero-order chi connectivity index (χ0) is 23.7. The molecule has 2 fully saturated rings. The number of hydrogen-bond donors (Lipinski definition) is 2. The van der Waals surface area contributed by atoms with Crippen LogP contribution in [0.5, 0.6) is 0 Å². The van der Waals surface area contributed by atoms with E-state index in [1.165, 1.54) is 16.7 Å². The van der Waals surface area contributed by atoms with E-state index < -0.39 is 22.9 Å². The van der Waals surface area contributed by atoms with E-state index >= 15 is 0 Å². The highest BCUT2D eigenvalue weighted by Crippen LogP contribution is 2.44. The Hall–Kier alpha value is -3.04. The molecule has 2 saturated heterocycles. The van der Waals surface area contributed by atoms with Crippen LogP contribution in [0, 0.1) is 0 Å². The van der Waals surface area contributed by atoms with Gasteiger partial charge in [-0.3, -0.25) is 9.59 Å². The number of alkyl carbamates (subject to hydrolysis) is 1. The molecule has 0 aromatic heterocycles. The van der Waals surface area contributed by atoms with Crippen LogP contribution in [-0.4, -0.2) is 77.4 Å². The summed E-state index contributed by atoms with van der Waals surface area (Å²) in [5, 5.41) is 11.5. The van der Waals surface area contributed by atoms with Gasteiger partial charge in [0.25, 0.3) is 5.91 Å². The van der Waals surface area contributed by atoms with Gasteiger partial charge in [-0.15, -0.1) is 11.8 Å². The molecule has 2 aliphatic heterocycles. The lowest BCUT2D eigenvalue weighted by Crippen LogP contribution is -2.62. The Kier molecular flexibility index (Phi) is 6.22. The molecule has 34 heavy (non-hydrogen) atoms. The smallest absolute Gasteiger partial charge is 0.408 e. The fourth-order valence-corrected chi connectivity index (χ4v) is 6.04. The Morgan fingerprint density at radius 3 is 2.41 bits per heavy atom. The Bertz CT molecular complexity index is 1070. The fourth-order valence-electron chi connectivity index (χ4n) is 5.00. The molecule has 0 spiro atoms. The van der Waals surface area contributed by atoms with E-state index in [1.807, 2.05) is 36.4 Å². The number of ether oxygens (including phenoxy) is 2. The summed E-state index contributed by atoms with van der Waals surface area (Å²) in [5.41, 5.74) is 3.25. The van der Waals surface area contributed by atoms with Crippen molar-refractivity contribution < 1.29 is 29.0 Å². The van der Waals surface area contributed by atoms with Crippen molar-refractivity contribution >= 4 is 29.7 Å². The van der Waals surface area contributed by atoms with Crippen molar-refractivity contribution in [2.24, 2.45) is 0 Å². The average Bonchev–Trinajstić information content (AvgIpc) is 3.46. The molecule has 2 atom stereocenters. The number of carbonyl (C=O) groups excluding carboxylic acids is 2. The van der Waals surface area contributed by atoms with Crippen molar-refractivity contribution in [3.63, 3.8) is 0 Å². The molecule has 2 aromatic rings. The summed E-state index contributed by atoms with van der Waals surface area (Å²) in [7, 11) is 0. The number of aliphatic carboxylic acids is 1. The molecule has 8 nitrogen and oxygen atoms in total. The number of carboxylic acid groups (broad SMARTS) is 1. The minimum absolute atomic E-state index is 0.0391. The standard InChI is InChI=1S/C25H26N2O6S/c28-22(29)21-13-27(10-12-34-21)23(30)25(9-11-32-15-25)26-24(31)33-14-20-18-7-3-1-5-16(18)17-6-2-4-8-19(17)20/h1-8,20-21H,9-15H2,(H,26,31)(H,28,29). The highest BCUT2D eigenvalue weighted by molar-refractivity contribution is 8.00. The van der Waals surface area contributed by atoms with Gasteiger partial charge in [-0.25, -0.2) is 4.79 Å². The molecule has 2 aromatic carbocycles. The molecule has 3 aliphatic rings. The summed E-state index contributed by atoms with van der Waals surface area (Å²) in [6.07, 6.45) is -0.362. The van der Waals surface area contributed by atoms with Gasteiger partial charge in [-0.2, -0.15) is 0 Å². The molecule has 0 radical (unpaired) electrons. The first-order valence-electron chi connectivity index (χ1n) is 11.3. The third-order valence-electron chi connectivity index (χ3n) is 6.75. The van der Waals surface area contributed by atoms with Crippen molar-refractivity contribution in [3.05, 3.63) is 59.7 Å². The van der Waals surface area contributed by atoms with Crippen molar-refractivity contribution in [2.45, 2.75) is 23.1 Å². The molecule has 5 rings (SSSR count). The van der Waals surface area contributed by atoms with Crippen molar-refractivity contribution in [1.82, 2.24) is 10.2 Å². The zero-order valence-electron chi connectivity index (χ0n) is 18.6. The largest absolute Gasteiger partial charge is 0.480 e. The number of carbonyl (C=O) groups is 3. The predicted molar refractivity (Wildman–Crippen MR) is 127 cm³/mol. The lowest BCUT2D eigenvalue weighted by Gasteiger charge is -2.37. The Morgan fingerprint density at radius 2 is 1.79 bits per heavy atom. The second-order valence-corrected chi connectivity index (χ2v) is 10.1. The maximum absolute atomic E-state index is 13.4. The van der Waals surface area contributed by atoms with Gasteiger partial charge in [0.2, 0.25) is 0 Å². The summed E-state index contributed by atoms with van der Waals surface area (Å²) in [4.78, 5) is 39.2. The number of hydrogen-bond acceptors (Lipinski definition) is 6. The minimum atomic E-state index is -1.24. The monoisotopic (exact) mass is 482 g/mol. The molecule has 2 heterocycles. The third-order valence-corrected chi connectivity index (χ3v) is 7.92. The van der Waals surface area contributed by atoms with Gasteiger partial charge in [0, 0.05) is 37.8 Å². The van der Waals surface area contributed by atoms with Gasteiger partial charge in [0.05, 0.1) is 6.61 Å². The molecule has 178 valence electrons. The van der Waals surface area contributed by atoms with Crippen molar-refractivity contribution in [2.75, 3.05) is 38.7 Å². The molecule has 9 heteroatoms. The van der Waals surface area contributed by atoms with E-state index in [2.05, 4.69) is 17.4 Å². The molecular weight excluding hydrogens is 456 g/mol. The molecule has 2 amide bonds. The van der Waals surface area contributed by atoms with E-state index in [9.17, 15) is 19.5 Å². The maximum Gasteiger partial charge on any atom is 0.408 e. The van der Waals surface area contributed by atoms with E-state index in [0.717, 1.165) is 22.3 Å². The topological polar surface area (TPSA) is 105 Å². The van der Waals surface area contributed by atoms with Crippen LogP contribution >= 0.6 is 11.8 Å². The number of rotatable bonds is 5. The van der Waals surface area contributed by atoms with Gasteiger partial charge in [0.1, 0.15) is 17.4 Å². The molecular formula is C25H26N2O6S. The highest BCUT2D eigenvalue weighted by Gasteiger charge is 2.47. The highest BCUT2D eigenvalue weighted by atomic mass is 32.2. The molecule has 0 bridgehead atoms. The number of benzene rings is 2. The number of thioether (sulfide) groups is 1. The molecule has 2 N–H and O–H groups in total. The fraction of sp³-hybridized carbons (Fsp3) is 0.400. The Balaban J connectivity index is 1.28. The third kappa shape index (κ3) is 4.14. The second-order valence-electron chi connectivity index (χ2n) is 8.78. The quantitative estimate of drug-likeness (QED) is 0.675. The number of nitrogens with one attached hydrogen (secondary N) is 1. The summed E-state index contributed by atoms with van der Waals surface area (Å²) >= 11 is 1.32. The second kappa shape index (κ2) is 9.31. The first kappa shape index (κ1) is 22.7. The zero-order valence-corrected chi connectivity index (χ0v) is 19.4. The van der Waals surface area contributed by atoms with Gasteiger partial charge in [0.15, 0.2) is 0 Å². The van der Waals surface area contributed by atoms with E-state index in [1.54, 1.807) is 0 Å². The Labute approximate surface area is 201 Å². The predicted octanol–water partition coefficient (Wildman–Crippen LogP) is 2.71. The normalized spacial score (nSPS) is 23.8. The van der Waals surface area contributed by atoms with Crippen LogP contribution < -0.4 is 5.32 Å². The van der Waals surface area contributed by atoms with Crippen LogP contribution in [-0.2, 0) is 19.1 Å². The van der Waals surface area contributed by atoms with Gasteiger partial charge in [-0.1, -0.05) is 48.5 Å². The minimum Gasteiger partial charge on any atom is -0.480 e. The number of carboxylic acids is 1. The van der Waals surface area contributed by atoms with Crippen LogP contribution in [0.1, 0.15) is 23.5 Å². The van der Waals surface area contributed by atoms with E-state index in [4.69, 9.17) is 9.47 Å². The summed E-state index contributed by atoms with van der Waals surface area (Å²) in [5.74, 6) is -0.807. The van der Waals surface area contributed by atoms with Crippen molar-refractivity contribution in [1.29, 1.82) is 0 Å². The lowest BCUT2D eigenvalue weighted by molar-refractivity contribution is -0.141. The molecule has 2 unspecified atom stereocenters. The summed E-state index contributed by atoms with van der Waals surface area (Å²) in [6.45, 7) is 1.05. The lowest BCUT2D eigenvalue weighted by atomic mass is 9.96. The maximum atomic E-state index is 13.4. The van der Waals surface area contributed by atoms with Crippen LogP contribution in [0.15, 0.2) is 48.5 Å². The first-order chi connectivity index (χ1) is 16.5. The van der Waals surface area contributed by atoms with E-state index in [-0.39, 0.29) is 31.6 Å². The number of amides is 2. The van der Waals surface area contributed by atoms with Crippen LogP contribution in [0.4, 0.5) is 4.79 Å². The van der Waals surface area contributed by atoms with E-state index in [0.29, 0.717) is 25.3 Å². The Morgan fingerprint density at radius 1 is 1.12 bits per heavy atom. The van der Waals surface area contributed by atoms with Gasteiger partial charge < -0.3 is 24.8 Å². The SMILES string of the molecule is O=C(NC1(C(=O)N2CCSC(C(=O)O)C2)CCOC1)OCC1c2ccccc2-c2ccccc21. The number of nitrogens with zero attached hydrogens (tertiary/aromatic N) is 1. The molecule has 0 saturated carbocycles. The van der Waals surface area contributed by atoms with Gasteiger partial charge >= 0.3 is 12.1 Å². The first-order valence-corrected chi connectivity index (χ1v) is 12.4. The summed E-state index contributed by atoms with van der Waals surface area (Å²) in [6, 6.07) is 16.2. The molecule has 1 aliphatic carbocycles. The van der Waals surface area contributed by atoms with Crippen LogP contribution in [0.3, 0.4) is 0 Å². The average molecular weight is 483 g/mol. The van der Waals surface area contributed by atoms with Crippen LogP contribution in [0.25, 0.3) is 11.1 Å². The summed E-state index contributed by atoms with van der Waals surface area (Å²) < 4.78 is 11.1. The van der Waals surface area contributed by atoms with Crippen molar-refractivity contribution in [3.8, 4) is 11.1 Å². The van der Waals surface area contributed by atoms with Crippen LogP contribution in [0.2, 0.25) is 0 Å².